The molecule has 0 aromatic carbocycles. The zero-order chi connectivity index (χ0) is 12.1. The van der Waals surface area contributed by atoms with Gasteiger partial charge in [-0.3, -0.25) is 4.90 Å². The molecule has 0 radical (unpaired) electrons. The van der Waals surface area contributed by atoms with Crippen LogP contribution in [0, 0.1) is 12.3 Å². The standard InChI is InChI=1S/C14H20N2O/c1-3-8-16-9-6-13(7-10-16)15-12(2)14-5-4-11-17-14/h1,4-5,11-13,15H,6-10H2,2H3/t12-/m1/s1. The van der Waals surface area contributed by atoms with Crippen LogP contribution in [0.2, 0.25) is 0 Å². The molecule has 92 valence electrons. The second-order valence-electron chi connectivity index (χ2n) is 4.66. The van der Waals surface area contributed by atoms with Crippen molar-refractivity contribution in [2.24, 2.45) is 0 Å². The predicted molar refractivity (Wildman–Crippen MR) is 68.6 cm³/mol. The Kier molecular flexibility index (Phi) is 4.24. The largest absolute Gasteiger partial charge is 0.468 e. The molecule has 2 rings (SSSR count). The van der Waals surface area contributed by atoms with Crippen molar-refractivity contribution in [2.75, 3.05) is 19.6 Å². The Morgan fingerprint density at radius 2 is 2.35 bits per heavy atom. The number of piperidine rings is 1. The van der Waals surface area contributed by atoms with Crippen molar-refractivity contribution in [2.45, 2.75) is 31.8 Å². The molecular formula is C14H20N2O. The number of hydrogen-bond donors (Lipinski definition) is 1. The highest BCUT2D eigenvalue weighted by atomic mass is 16.3. The quantitative estimate of drug-likeness (QED) is 0.805. The fourth-order valence-electron chi connectivity index (χ4n) is 2.36. The van der Waals surface area contributed by atoms with Gasteiger partial charge in [0, 0.05) is 19.1 Å². The van der Waals surface area contributed by atoms with Crippen LogP contribution in [0.4, 0.5) is 0 Å². The van der Waals surface area contributed by atoms with E-state index in [1.807, 2.05) is 12.1 Å². The van der Waals surface area contributed by atoms with Crippen molar-refractivity contribution in [1.29, 1.82) is 0 Å². The Balaban J connectivity index is 1.77. The number of terminal acetylenes is 1. The van der Waals surface area contributed by atoms with Crippen molar-refractivity contribution < 1.29 is 4.42 Å². The predicted octanol–water partition coefficient (Wildman–Crippen LogP) is 2.03. The van der Waals surface area contributed by atoms with Gasteiger partial charge in [-0.2, -0.15) is 0 Å². The molecule has 1 N–H and O–H groups in total. The topological polar surface area (TPSA) is 28.4 Å². The van der Waals surface area contributed by atoms with Crippen LogP contribution < -0.4 is 5.32 Å². The van der Waals surface area contributed by atoms with Crippen molar-refractivity contribution in [1.82, 2.24) is 10.2 Å². The Labute approximate surface area is 103 Å². The van der Waals surface area contributed by atoms with Gasteiger partial charge in [-0.1, -0.05) is 5.92 Å². The van der Waals surface area contributed by atoms with E-state index in [-0.39, 0.29) is 6.04 Å². The van der Waals surface area contributed by atoms with E-state index in [9.17, 15) is 0 Å². The Morgan fingerprint density at radius 3 is 2.94 bits per heavy atom. The number of nitrogens with zero attached hydrogens (tertiary/aromatic N) is 1. The summed E-state index contributed by atoms with van der Waals surface area (Å²) < 4.78 is 5.40. The first-order valence-electron chi connectivity index (χ1n) is 6.25. The number of rotatable bonds is 4. The molecule has 0 bridgehead atoms. The molecule has 0 unspecified atom stereocenters. The van der Waals surface area contributed by atoms with Gasteiger partial charge in [0.1, 0.15) is 5.76 Å². The van der Waals surface area contributed by atoms with Crippen molar-refractivity contribution in [3.05, 3.63) is 24.2 Å². The molecule has 17 heavy (non-hydrogen) atoms. The average Bonchev–Trinajstić information content (AvgIpc) is 2.86. The SMILES string of the molecule is C#CCN1CCC(N[C@H](C)c2ccco2)CC1. The van der Waals surface area contributed by atoms with Gasteiger partial charge in [0.25, 0.3) is 0 Å². The molecule has 1 aliphatic rings. The molecule has 2 heterocycles. The molecule has 1 aliphatic heterocycles. The van der Waals surface area contributed by atoms with Crippen LogP contribution in [0.15, 0.2) is 22.8 Å². The van der Waals surface area contributed by atoms with E-state index in [1.165, 1.54) is 0 Å². The smallest absolute Gasteiger partial charge is 0.120 e. The summed E-state index contributed by atoms with van der Waals surface area (Å²) in [4.78, 5) is 2.33. The summed E-state index contributed by atoms with van der Waals surface area (Å²) in [5.41, 5.74) is 0. The summed E-state index contributed by atoms with van der Waals surface area (Å²) in [6.45, 7) is 5.10. The minimum Gasteiger partial charge on any atom is -0.468 e. The van der Waals surface area contributed by atoms with Crippen LogP contribution in [-0.4, -0.2) is 30.6 Å². The van der Waals surface area contributed by atoms with E-state index in [0.717, 1.165) is 38.2 Å². The molecule has 0 amide bonds. The average molecular weight is 232 g/mol. The summed E-state index contributed by atoms with van der Waals surface area (Å²) in [6.07, 6.45) is 9.36. The van der Waals surface area contributed by atoms with Crippen LogP contribution in [-0.2, 0) is 0 Å². The molecule has 0 spiro atoms. The highest BCUT2D eigenvalue weighted by Crippen LogP contribution is 2.17. The molecule has 3 heteroatoms. The summed E-state index contributed by atoms with van der Waals surface area (Å²) in [5.74, 6) is 3.72. The van der Waals surface area contributed by atoms with Crippen LogP contribution in [0.5, 0.6) is 0 Å². The highest BCUT2D eigenvalue weighted by molar-refractivity contribution is 5.03. The lowest BCUT2D eigenvalue weighted by atomic mass is 10.0. The number of hydrogen-bond acceptors (Lipinski definition) is 3. The van der Waals surface area contributed by atoms with Gasteiger partial charge in [-0.15, -0.1) is 6.42 Å². The summed E-state index contributed by atoms with van der Waals surface area (Å²) in [6, 6.07) is 4.81. The van der Waals surface area contributed by atoms with E-state index in [4.69, 9.17) is 10.8 Å². The molecule has 1 saturated heterocycles. The minimum atomic E-state index is 0.286. The van der Waals surface area contributed by atoms with Gasteiger partial charge in [-0.05, 0) is 31.9 Å². The second-order valence-corrected chi connectivity index (χ2v) is 4.66. The van der Waals surface area contributed by atoms with Crippen molar-refractivity contribution >= 4 is 0 Å². The normalized spacial score (nSPS) is 20.0. The maximum Gasteiger partial charge on any atom is 0.120 e. The Hall–Kier alpha value is -1.24. The van der Waals surface area contributed by atoms with Gasteiger partial charge in [0.2, 0.25) is 0 Å². The third-order valence-corrected chi connectivity index (χ3v) is 3.36. The third kappa shape index (κ3) is 3.36. The van der Waals surface area contributed by atoms with E-state index >= 15 is 0 Å². The first-order valence-corrected chi connectivity index (χ1v) is 6.25. The molecule has 0 aliphatic carbocycles. The van der Waals surface area contributed by atoms with Gasteiger partial charge in [-0.25, -0.2) is 0 Å². The number of nitrogens with one attached hydrogen (secondary N) is 1. The minimum absolute atomic E-state index is 0.286. The molecule has 1 aromatic heterocycles. The zero-order valence-corrected chi connectivity index (χ0v) is 10.4. The molecule has 1 fully saturated rings. The van der Waals surface area contributed by atoms with Crippen molar-refractivity contribution in [3.8, 4) is 12.3 Å². The molecule has 3 nitrogen and oxygen atoms in total. The highest BCUT2D eigenvalue weighted by Gasteiger charge is 2.20. The van der Waals surface area contributed by atoms with E-state index in [2.05, 4.69) is 23.1 Å². The van der Waals surface area contributed by atoms with Crippen LogP contribution >= 0.6 is 0 Å². The maximum atomic E-state index is 5.40. The van der Waals surface area contributed by atoms with Gasteiger partial charge in [0.15, 0.2) is 0 Å². The molecular weight excluding hydrogens is 212 g/mol. The lowest BCUT2D eigenvalue weighted by molar-refractivity contribution is 0.207. The Morgan fingerprint density at radius 1 is 1.59 bits per heavy atom. The number of likely N-dealkylation sites (tertiary alicyclic amines) is 1. The van der Waals surface area contributed by atoms with Gasteiger partial charge < -0.3 is 9.73 Å². The van der Waals surface area contributed by atoms with Crippen LogP contribution in [0.1, 0.15) is 31.6 Å². The fraction of sp³-hybridized carbons (Fsp3) is 0.571. The van der Waals surface area contributed by atoms with Gasteiger partial charge >= 0.3 is 0 Å². The van der Waals surface area contributed by atoms with Gasteiger partial charge in [0.05, 0.1) is 18.8 Å². The van der Waals surface area contributed by atoms with E-state index in [1.54, 1.807) is 6.26 Å². The summed E-state index contributed by atoms with van der Waals surface area (Å²) in [7, 11) is 0. The monoisotopic (exact) mass is 232 g/mol. The number of furan rings is 1. The van der Waals surface area contributed by atoms with Crippen LogP contribution in [0.25, 0.3) is 0 Å². The first kappa shape index (κ1) is 12.2. The lowest BCUT2D eigenvalue weighted by Crippen LogP contribution is -2.43. The lowest BCUT2D eigenvalue weighted by Gasteiger charge is -2.32. The molecule has 0 saturated carbocycles. The zero-order valence-electron chi connectivity index (χ0n) is 10.4. The van der Waals surface area contributed by atoms with E-state index < -0.39 is 0 Å². The fourth-order valence-corrected chi connectivity index (χ4v) is 2.36. The summed E-state index contributed by atoms with van der Waals surface area (Å²) >= 11 is 0. The summed E-state index contributed by atoms with van der Waals surface area (Å²) in [5, 5.41) is 3.61. The van der Waals surface area contributed by atoms with Crippen molar-refractivity contribution in [3.63, 3.8) is 0 Å². The second kappa shape index (κ2) is 5.90. The first-order chi connectivity index (χ1) is 8.29. The molecule has 1 atom stereocenters. The van der Waals surface area contributed by atoms with E-state index in [0.29, 0.717) is 6.04 Å². The maximum absolute atomic E-state index is 5.40. The Bertz CT molecular complexity index is 358. The van der Waals surface area contributed by atoms with Crippen LogP contribution in [0.3, 0.4) is 0 Å². The molecule has 1 aromatic rings. The third-order valence-electron chi connectivity index (χ3n) is 3.36.